The largest absolute Gasteiger partial charge is 0.458 e. The number of carbonyl (C=O) groups is 1. The molecule has 1 aromatic carbocycles. The Balaban J connectivity index is 1.76. The number of ether oxygens (including phenoxy) is 1. The van der Waals surface area contributed by atoms with Crippen LogP contribution >= 0.6 is 0 Å². The van der Waals surface area contributed by atoms with Gasteiger partial charge in [0.25, 0.3) is 0 Å². The number of rotatable bonds is 3. The first-order chi connectivity index (χ1) is 10.3. The number of esters is 1. The van der Waals surface area contributed by atoms with Gasteiger partial charge in [-0.25, -0.2) is 4.79 Å². The first-order valence-corrected chi connectivity index (χ1v) is 8.32. The highest BCUT2D eigenvalue weighted by Crippen LogP contribution is 2.30. The summed E-state index contributed by atoms with van der Waals surface area (Å²) in [6, 6.07) is 6.00. The molecule has 0 radical (unpaired) electrons. The van der Waals surface area contributed by atoms with E-state index in [9.17, 15) is 4.79 Å². The first-order valence-electron chi connectivity index (χ1n) is 8.32. The molecule has 1 aliphatic heterocycles. The molecule has 0 amide bonds. The van der Waals surface area contributed by atoms with Crippen LogP contribution in [0.25, 0.3) is 0 Å². The molecular weight excluding hydrogens is 262 g/mol. The number of hydrogen-bond acceptors (Lipinski definition) is 3. The van der Waals surface area contributed by atoms with Gasteiger partial charge in [-0.1, -0.05) is 25.5 Å². The minimum absolute atomic E-state index is 0.112. The van der Waals surface area contributed by atoms with E-state index in [0.29, 0.717) is 5.92 Å². The molecule has 1 heterocycles. The average Bonchev–Trinajstić information content (AvgIpc) is 2.54. The fourth-order valence-electron chi connectivity index (χ4n) is 3.72. The van der Waals surface area contributed by atoms with Crippen LogP contribution in [-0.2, 0) is 17.7 Å². The summed E-state index contributed by atoms with van der Waals surface area (Å²) in [4.78, 5) is 12.6. The smallest absolute Gasteiger partial charge is 0.338 e. The molecule has 3 rings (SSSR count). The number of hydrogen-bond donors (Lipinski definition) is 1. The molecule has 0 spiro atoms. The number of benzene rings is 1. The number of fused-ring (bicyclic) bond motifs is 1. The van der Waals surface area contributed by atoms with E-state index in [2.05, 4.69) is 18.3 Å². The molecule has 1 N–H and O–H groups in total. The average molecular weight is 287 g/mol. The summed E-state index contributed by atoms with van der Waals surface area (Å²) < 4.78 is 5.89. The number of carbonyl (C=O) groups excluding carboxylic acids is 1. The Labute approximate surface area is 127 Å². The third kappa shape index (κ3) is 3.13. The molecule has 0 bridgehead atoms. The molecule has 2 aliphatic rings. The van der Waals surface area contributed by atoms with Crippen LogP contribution < -0.4 is 5.32 Å². The molecule has 0 aromatic heterocycles. The minimum atomic E-state index is -0.112. The molecule has 1 aromatic rings. The highest BCUT2D eigenvalue weighted by Gasteiger charge is 2.28. The molecule has 114 valence electrons. The first kappa shape index (κ1) is 14.6. The zero-order valence-electron chi connectivity index (χ0n) is 12.9. The lowest BCUT2D eigenvalue weighted by atomic mass is 9.84. The van der Waals surface area contributed by atoms with Gasteiger partial charge in [0.2, 0.25) is 0 Å². The van der Waals surface area contributed by atoms with Crippen LogP contribution in [0, 0.1) is 5.92 Å². The predicted octanol–water partition coefficient (Wildman–Crippen LogP) is 3.46. The van der Waals surface area contributed by atoms with Crippen molar-refractivity contribution in [3.8, 4) is 0 Å². The van der Waals surface area contributed by atoms with Gasteiger partial charge in [0, 0.05) is 6.54 Å². The van der Waals surface area contributed by atoms with Gasteiger partial charge in [0.05, 0.1) is 5.56 Å². The fourth-order valence-corrected chi connectivity index (χ4v) is 3.72. The maximum absolute atomic E-state index is 12.6. The molecule has 21 heavy (non-hydrogen) atoms. The van der Waals surface area contributed by atoms with Crippen LogP contribution in [0.4, 0.5) is 0 Å². The second kappa shape index (κ2) is 6.61. The van der Waals surface area contributed by atoms with Crippen molar-refractivity contribution in [3.63, 3.8) is 0 Å². The van der Waals surface area contributed by atoms with E-state index in [4.69, 9.17) is 4.74 Å². The van der Waals surface area contributed by atoms with Crippen molar-refractivity contribution < 1.29 is 9.53 Å². The lowest BCUT2D eigenvalue weighted by Gasteiger charge is -2.31. The quantitative estimate of drug-likeness (QED) is 0.865. The van der Waals surface area contributed by atoms with E-state index in [1.807, 2.05) is 12.1 Å². The molecule has 3 heteroatoms. The lowest BCUT2D eigenvalue weighted by molar-refractivity contribution is 0.000577. The molecule has 2 unspecified atom stereocenters. The van der Waals surface area contributed by atoms with Crippen LogP contribution in [0.5, 0.6) is 0 Å². The number of nitrogens with one attached hydrogen (secondary N) is 1. The molecule has 2 atom stereocenters. The van der Waals surface area contributed by atoms with E-state index >= 15 is 0 Å². The summed E-state index contributed by atoms with van der Waals surface area (Å²) in [6.45, 7) is 4.00. The van der Waals surface area contributed by atoms with Gasteiger partial charge in [0.15, 0.2) is 0 Å². The Hall–Kier alpha value is -1.35. The summed E-state index contributed by atoms with van der Waals surface area (Å²) in [5.74, 6) is 0.433. The van der Waals surface area contributed by atoms with Crippen LogP contribution in [0.2, 0.25) is 0 Å². The van der Waals surface area contributed by atoms with Crippen LogP contribution in [-0.4, -0.2) is 18.6 Å². The molecule has 1 aliphatic carbocycles. The van der Waals surface area contributed by atoms with Gasteiger partial charge in [-0.2, -0.15) is 0 Å². The zero-order valence-corrected chi connectivity index (χ0v) is 12.9. The van der Waals surface area contributed by atoms with Crippen LogP contribution in [0.3, 0.4) is 0 Å². The summed E-state index contributed by atoms with van der Waals surface area (Å²) >= 11 is 0. The monoisotopic (exact) mass is 287 g/mol. The molecule has 0 saturated heterocycles. The van der Waals surface area contributed by atoms with Gasteiger partial charge in [-0.15, -0.1) is 0 Å². The van der Waals surface area contributed by atoms with Crippen LogP contribution in [0.15, 0.2) is 18.2 Å². The van der Waals surface area contributed by atoms with Gasteiger partial charge >= 0.3 is 5.97 Å². The Morgan fingerprint density at radius 2 is 2.19 bits per heavy atom. The normalized spacial score (nSPS) is 25.2. The molecular formula is C18H25NO2. The van der Waals surface area contributed by atoms with Gasteiger partial charge in [0.1, 0.15) is 6.10 Å². The van der Waals surface area contributed by atoms with Gasteiger partial charge in [-0.05, 0) is 61.8 Å². The fraction of sp³-hybridized carbons (Fsp3) is 0.611. The molecule has 1 saturated carbocycles. The summed E-state index contributed by atoms with van der Waals surface area (Å²) in [7, 11) is 0. The van der Waals surface area contributed by atoms with E-state index in [1.54, 1.807) is 0 Å². The van der Waals surface area contributed by atoms with E-state index in [-0.39, 0.29) is 12.1 Å². The standard InChI is InChI=1S/C18H25NO2/c1-2-13-6-3-4-9-17(13)21-18(20)16-8-5-7-14-12-19-11-10-15(14)16/h5,7-8,13,17,19H,2-4,6,9-12H2,1H3. The lowest BCUT2D eigenvalue weighted by Crippen LogP contribution is -2.31. The summed E-state index contributed by atoms with van der Waals surface area (Å²) in [5.41, 5.74) is 3.21. The Bertz CT molecular complexity index is 512. The van der Waals surface area contributed by atoms with Crippen LogP contribution in [0.1, 0.15) is 60.5 Å². The second-order valence-corrected chi connectivity index (χ2v) is 6.27. The highest BCUT2D eigenvalue weighted by molar-refractivity contribution is 5.91. The Kier molecular flexibility index (Phi) is 4.59. The topological polar surface area (TPSA) is 38.3 Å². The second-order valence-electron chi connectivity index (χ2n) is 6.27. The van der Waals surface area contributed by atoms with E-state index in [1.165, 1.54) is 30.4 Å². The zero-order chi connectivity index (χ0) is 14.7. The van der Waals surface area contributed by atoms with Crippen molar-refractivity contribution >= 4 is 5.97 Å². The summed E-state index contributed by atoms with van der Waals surface area (Å²) in [5, 5.41) is 3.35. The highest BCUT2D eigenvalue weighted by atomic mass is 16.5. The van der Waals surface area contributed by atoms with E-state index in [0.717, 1.165) is 37.9 Å². The predicted molar refractivity (Wildman–Crippen MR) is 83.3 cm³/mol. The van der Waals surface area contributed by atoms with Crippen molar-refractivity contribution in [2.45, 2.75) is 58.1 Å². The summed E-state index contributed by atoms with van der Waals surface area (Å²) in [6.07, 6.45) is 6.84. The van der Waals surface area contributed by atoms with E-state index < -0.39 is 0 Å². The molecule has 1 fully saturated rings. The van der Waals surface area contributed by atoms with Crippen molar-refractivity contribution in [2.24, 2.45) is 5.92 Å². The third-order valence-electron chi connectivity index (χ3n) is 4.98. The van der Waals surface area contributed by atoms with Crippen molar-refractivity contribution in [1.29, 1.82) is 0 Å². The SMILES string of the molecule is CCC1CCCCC1OC(=O)c1cccc2c1CCNC2. The molecule has 3 nitrogen and oxygen atoms in total. The van der Waals surface area contributed by atoms with Gasteiger partial charge < -0.3 is 10.1 Å². The third-order valence-corrected chi connectivity index (χ3v) is 4.98. The van der Waals surface area contributed by atoms with Gasteiger partial charge in [-0.3, -0.25) is 0 Å². The van der Waals surface area contributed by atoms with Crippen molar-refractivity contribution in [1.82, 2.24) is 5.32 Å². The maximum atomic E-state index is 12.6. The maximum Gasteiger partial charge on any atom is 0.338 e. The minimum Gasteiger partial charge on any atom is -0.458 e. The Morgan fingerprint density at radius 3 is 3.05 bits per heavy atom. The van der Waals surface area contributed by atoms with Crippen molar-refractivity contribution in [3.05, 3.63) is 34.9 Å². The Morgan fingerprint density at radius 1 is 1.33 bits per heavy atom. The van der Waals surface area contributed by atoms with Crippen molar-refractivity contribution in [2.75, 3.05) is 6.54 Å².